The Kier molecular flexibility index (Phi) is 5.03. The smallest absolute Gasteiger partial charge is 0.146 e. The van der Waals surface area contributed by atoms with Crippen LogP contribution >= 0.6 is 0 Å². The first-order valence-corrected chi connectivity index (χ1v) is 7.40. The van der Waals surface area contributed by atoms with Crippen molar-refractivity contribution in [2.75, 3.05) is 17.2 Å². The molecule has 0 saturated heterocycles. The number of benzene rings is 2. The third-order valence-electron chi connectivity index (χ3n) is 3.56. The molecule has 0 heterocycles. The van der Waals surface area contributed by atoms with E-state index in [1.807, 2.05) is 45.0 Å². The number of aliphatic hydroxyl groups is 1. The van der Waals surface area contributed by atoms with Crippen LogP contribution in [0.25, 0.3) is 0 Å². The quantitative estimate of drug-likeness (QED) is 0.767. The molecule has 0 spiro atoms. The highest BCUT2D eigenvalue weighted by molar-refractivity contribution is 5.74. The molecule has 0 radical (unpaired) electrons. The second-order valence-electron chi connectivity index (χ2n) is 6.41. The number of rotatable bonds is 5. The number of hydrogen-bond donors (Lipinski definition) is 3. The summed E-state index contributed by atoms with van der Waals surface area (Å²) in [5.41, 5.74) is 1.83. The van der Waals surface area contributed by atoms with Crippen LogP contribution in [0.4, 0.5) is 21.5 Å². The average molecular weight is 302 g/mol. The molecule has 0 amide bonds. The SMILES string of the molecule is CC(C)(C)C(O)CNc1ccccc1Nc1ccccc1F. The van der Waals surface area contributed by atoms with Gasteiger partial charge in [-0.25, -0.2) is 4.39 Å². The van der Waals surface area contributed by atoms with Crippen molar-refractivity contribution in [2.45, 2.75) is 26.9 Å². The van der Waals surface area contributed by atoms with Gasteiger partial charge in [-0.05, 0) is 29.7 Å². The van der Waals surface area contributed by atoms with Gasteiger partial charge in [0.25, 0.3) is 0 Å². The van der Waals surface area contributed by atoms with E-state index in [2.05, 4.69) is 10.6 Å². The maximum atomic E-state index is 13.8. The van der Waals surface area contributed by atoms with Gasteiger partial charge in [0.15, 0.2) is 0 Å². The molecule has 0 fully saturated rings. The van der Waals surface area contributed by atoms with Gasteiger partial charge >= 0.3 is 0 Å². The maximum absolute atomic E-state index is 13.8. The zero-order valence-electron chi connectivity index (χ0n) is 13.2. The van der Waals surface area contributed by atoms with Gasteiger partial charge < -0.3 is 15.7 Å². The van der Waals surface area contributed by atoms with Crippen molar-refractivity contribution in [2.24, 2.45) is 5.41 Å². The summed E-state index contributed by atoms with van der Waals surface area (Å²) in [6.45, 7) is 6.40. The zero-order chi connectivity index (χ0) is 16.2. The lowest BCUT2D eigenvalue weighted by Crippen LogP contribution is -2.32. The minimum Gasteiger partial charge on any atom is -0.391 e. The maximum Gasteiger partial charge on any atom is 0.146 e. The van der Waals surface area contributed by atoms with Gasteiger partial charge in [0.1, 0.15) is 5.82 Å². The average Bonchev–Trinajstić information content (AvgIpc) is 2.47. The second-order valence-corrected chi connectivity index (χ2v) is 6.41. The Morgan fingerprint density at radius 2 is 1.50 bits per heavy atom. The fourth-order valence-corrected chi connectivity index (χ4v) is 1.97. The molecule has 2 aromatic carbocycles. The van der Waals surface area contributed by atoms with E-state index in [4.69, 9.17) is 0 Å². The first kappa shape index (κ1) is 16.3. The van der Waals surface area contributed by atoms with Crippen LogP contribution in [0.1, 0.15) is 20.8 Å². The summed E-state index contributed by atoms with van der Waals surface area (Å²) in [6.07, 6.45) is -0.478. The normalized spacial score (nSPS) is 12.8. The largest absolute Gasteiger partial charge is 0.391 e. The standard InChI is InChI=1S/C18H23FN2O/c1-18(2,3)17(22)12-20-15-10-6-7-11-16(15)21-14-9-5-4-8-13(14)19/h4-11,17,20-22H,12H2,1-3H3. The zero-order valence-corrected chi connectivity index (χ0v) is 13.2. The molecule has 0 aliphatic carbocycles. The molecule has 118 valence electrons. The van der Waals surface area contributed by atoms with Crippen LogP contribution in [-0.2, 0) is 0 Å². The Labute approximate surface area is 131 Å². The number of halogens is 1. The molecular weight excluding hydrogens is 279 g/mol. The summed E-state index contributed by atoms with van der Waals surface area (Å²) in [5.74, 6) is -0.299. The van der Waals surface area contributed by atoms with E-state index in [1.165, 1.54) is 6.07 Å². The van der Waals surface area contributed by atoms with Gasteiger partial charge in [0.2, 0.25) is 0 Å². The lowest BCUT2D eigenvalue weighted by Gasteiger charge is -2.26. The van der Waals surface area contributed by atoms with Gasteiger partial charge in [-0.1, -0.05) is 45.0 Å². The molecule has 22 heavy (non-hydrogen) atoms. The van der Waals surface area contributed by atoms with Crippen molar-refractivity contribution in [1.29, 1.82) is 0 Å². The van der Waals surface area contributed by atoms with Gasteiger partial charge in [0.05, 0.1) is 23.2 Å². The monoisotopic (exact) mass is 302 g/mol. The molecule has 0 aliphatic heterocycles. The Balaban J connectivity index is 2.12. The van der Waals surface area contributed by atoms with Crippen molar-refractivity contribution in [3.05, 3.63) is 54.3 Å². The predicted molar refractivity (Wildman–Crippen MR) is 90.1 cm³/mol. The van der Waals surface area contributed by atoms with Gasteiger partial charge in [-0.2, -0.15) is 0 Å². The first-order valence-electron chi connectivity index (χ1n) is 7.40. The van der Waals surface area contributed by atoms with Gasteiger partial charge in [0, 0.05) is 6.54 Å². The summed E-state index contributed by atoms with van der Waals surface area (Å²) >= 11 is 0. The van der Waals surface area contributed by atoms with Crippen molar-refractivity contribution in [1.82, 2.24) is 0 Å². The molecule has 1 atom stereocenters. The molecule has 1 unspecified atom stereocenters. The highest BCUT2D eigenvalue weighted by atomic mass is 19.1. The molecule has 3 nitrogen and oxygen atoms in total. The minimum absolute atomic E-state index is 0.194. The Bertz CT molecular complexity index is 622. The van der Waals surface area contributed by atoms with Crippen LogP contribution in [0.2, 0.25) is 0 Å². The Hall–Kier alpha value is -2.07. The number of aliphatic hydroxyl groups excluding tert-OH is 1. The van der Waals surface area contributed by atoms with E-state index < -0.39 is 6.10 Å². The van der Waals surface area contributed by atoms with Crippen LogP contribution in [0.3, 0.4) is 0 Å². The molecule has 0 bridgehead atoms. The third kappa shape index (κ3) is 4.21. The molecule has 0 aromatic heterocycles. The lowest BCUT2D eigenvalue weighted by molar-refractivity contribution is 0.0746. The molecule has 3 N–H and O–H groups in total. The third-order valence-corrected chi connectivity index (χ3v) is 3.56. The topological polar surface area (TPSA) is 44.3 Å². The van der Waals surface area contributed by atoms with Crippen LogP contribution < -0.4 is 10.6 Å². The Morgan fingerprint density at radius 3 is 2.09 bits per heavy atom. The summed E-state index contributed by atoms with van der Waals surface area (Å²) in [4.78, 5) is 0. The van der Waals surface area contributed by atoms with Gasteiger partial charge in [-0.15, -0.1) is 0 Å². The van der Waals surface area contributed by atoms with Crippen LogP contribution in [0.5, 0.6) is 0 Å². The van der Waals surface area contributed by atoms with Crippen molar-refractivity contribution in [3.8, 4) is 0 Å². The number of nitrogens with one attached hydrogen (secondary N) is 2. The van der Waals surface area contributed by atoms with E-state index in [9.17, 15) is 9.50 Å². The summed E-state index contributed by atoms with van der Waals surface area (Å²) in [5, 5.41) is 16.4. The molecule has 2 rings (SSSR count). The van der Waals surface area contributed by atoms with Crippen molar-refractivity contribution in [3.63, 3.8) is 0 Å². The van der Waals surface area contributed by atoms with Crippen LogP contribution in [-0.4, -0.2) is 17.8 Å². The van der Waals surface area contributed by atoms with E-state index in [1.54, 1.807) is 18.2 Å². The molecule has 2 aromatic rings. The van der Waals surface area contributed by atoms with Crippen molar-refractivity contribution < 1.29 is 9.50 Å². The van der Waals surface area contributed by atoms with E-state index >= 15 is 0 Å². The molecule has 4 heteroatoms. The Morgan fingerprint density at radius 1 is 0.955 bits per heavy atom. The minimum atomic E-state index is -0.478. The molecule has 0 aliphatic rings. The number of anilines is 3. The molecule has 0 saturated carbocycles. The lowest BCUT2D eigenvalue weighted by atomic mass is 9.89. The highest BCUT2D eigenvalue weighted by Crippen LogP contribution is 2.27. The number of hydrogen-bond acceptors (Lipinski definition) is 3. The fraction of sp³-hybridized carbons (Fsp3) is 0.333. The van der Waals surface area contributed by atoms with E-state index in [-0.39, 0.29) is 11.2 Å². The summed E-state index contributed by atoms with van der Waals surface area (Å²) in [7, 11) is 0. The van der Waals surface area contributed by atoms with Crippen LogP contribution in [0.15, 0.2) is 48.5 Å². The highest BCUT2D eigenvalue weighted by Gasteiger charge is 2.21. The number of para-hydroxylation sites is 3. The second kappa shape index (κ2) is 6.79. The summed E-state index contributed by atoms with van der Waals surface area (Å²) in [6, 6.07) is 14.1. The molecular formula is C18H23FN2O. The predicted octanol–water partition coefficient (Wildman–Crippen LogP) is 4.39. The first-order chi connectivity index (χ1) is 10.4. The van der Waals surface area contributed by atoms with E-state index in [0.717, 1.165) is 11.4 Å². The van der Waals surface area contributed by atoms with E-state index in [0.29, 0.717) is 12.2 Å². The van der Waals surface area contributed by atoms with Gasteiger partial charge in [-0.3, -0.25) is 0 Å². The fourth-order valence-electron chi connectivity index (χ4n) is 1.97. The van der Waals surface area contributed by atoms with Crippen molar-refractivity contribution >= 4 is 17.1 Å². The summed E-state index contributed by atoms with van der Waals surface area (Å²) < 4.78 is 13.8. The van der Waals surface area contributed by atoms with Crippen LogP contribution in [0, 0.1) is 11.2 Å².